The van der Waals surface area contributed by atoms with E-state index in [9.17, 15) is 0 Å². The van der Waals surface area contributed by atoms with E-state index in [1.807, 2.05) is 13.8 Å². The molecule has 0 spiro atoms. The fraction of sp³-hybridized carbons (Fsp3) is 0.800. The first-order chi connectivity index (χ1) is 9.75. The van der Waals surface area contributed by atoms with Crippen LogP contribution >= 0.6 is 11.6 Å². The molecule has 1 aliphatic rings. The first kappa shape index (κ1) is 16.3. The minimum absolute atomic E-state index is 0.0166. The molecule has 1 aromatic heterocycles. The lowest BCUT2D eigenvalue weighted by Gasteiger charge is -2.38. The summed E-state index contributed by atoms with van der Waals surface area (Å²) in [6, 6.07) is 0.304. The van der Waals surface area contributed by atoms with Gasteiger partial charge in [-0.05, 0) is 49.6 Å². The van der Waals surface area contributed by atoms with Gasteiger partial charge in [-0.1, -0.05) is 20.8 Å². The second-order valence-corrected chi connectivity index (χ2v) is 7.32. The third kappa shape index (κ3) is 4.43. The molecule has 0 bridgehead atoms. The van der Waals surface area contributed by atoms with Crippen molar-refractivity contribution in [3.05, 3.63) is 5.28 Å². The minimum Gasteiger partial charge on any atom is -0.461 e. The van der Waals surface area contributed by atoms with Gasteiger partial charge in [0.05, 0.1) is 6.10 Å². The van der Waals surface area contributed by atoms with Gasteiger partial charge in [-0.25, -0.2) is 0 Å². The lowest BCUT2D eigenvalue weighted by atomic mass is 9.75. The van der Waals surface area contributed by atoms with E-state index in [0.29, 0.717) is 17.4 Å². The highest BCUT2D eigenvalue weighted by Gasteiger charge is 2.29. The van der Waals surface area contributed by atoms with E-state index >= 15 is 0 Å². The molecule has 6 heteroatoms. The van der Waals surface area contributed by atoms with Crippen LogP contribution in [0.5, 0.6) is 6.01 Å². The zero-order chi connectivity index (χ0) is 15.6. The third-order valence-electron chi connectivity index (χ3n) is 3.92. The number of piperidine rings is 1. The quantitative estimate of drug-likeness (QED) is 0.854. The summed E-state index contributed by atoms with van der Waals surface area (Å²) in [5, 5.41) is 0.189. The smallest absolute Gasteiger partial charge is 0.322 e. The standard InChI is InChI=1S/C15H25ClN4O/c1-10(2)21-14-18-12(16)17-13(19-14)20-8-6-11(7-9-20)15(3,4)5/h10-11H,6-9H2,1-5H3. The summed E-state index contributed by atoms with van der Waals surface area (Å²) in [7, 11) is 0. The highest BCUT2D eigenvalue weighted by Crippen LogP contribution is 2.35. The molecule has 2 rings (SSSR count). The molecule has 21 heavy (non-hydrogen) atoms. The first-order valence-electron chi connectivity index (χ1n) is 7.59. The SMILES string of the molecule is CC(C)Oc1nc(Cl)nc(N2CCC(C(C)(C)C)CC2)n1. The predicted molar refractivity (Wildman–Crippen MR) is 85.0 cm³/mol. The zero-order valence-electron chi connectivity index (χ0n) is 13.6. The van der Waals surface area contributed by atoms with Crippen LogP contribution in [-0.4, -0.2) is 34.1 Å². The Hall–Kier alpha value is -1.10. The number of hydrogen-bond acceptors (Lipinski definition) is 5. The molecule has 0 saturated carbocycles. The molecule has 2 heterocycles. The predicted octanol–water partition coefficient (Wildman–Crippen LogP) is 3.57. The number of ether oxygens (including phenoxy) is 1. The van der Waals surface area contributed by atoms with Crippen molar-refractivity contribution >= 4 is 17.5 Å². The van der Waals surface area contributed by atoms with E-state index in [2.05, 4.69) is 40.6 Å². The monoisotopic (exact) mass is 312 g/mol. The molecule has 0 aromatic carbocycles. The average molecular weight is 313 g/mol. The Morgan fingerprint density at radius 1 is 1.14 bits per heavy atom. The molecule has 0 N–H and O–H groups in total. The topological polar surface area (TPSA) is 51.1 Å². The van der Waals surface area contributed by atoms with Crippen molar-refractivity contribution in [1.29, 1.82) is 0 Å². The highest BCUT2D eigenvalue weighted by molar-refractivity contribution is 6.28. The summed E-state index contributed by atoms with van der Waals surface area (Å²) in [5.41, 5.74) is 0.356. The van der Waals surface area contributed by atoms with Gasteiger partial charge >= 0.3 is 6.01 Å². The van der Waals surface area contributed by atoms with Gasteiger partial charge < -0.3 is 9.64 Å². The summed E-state index contributed by atoms with van der Waals surface area (Å²) < 4.78 is 5.53. The molecular weight excluding hydrogens is 288 g/mol. The van der Waals surface area contributed by atoms with Gasteiger partial charge in [-0.15, -0.1) is 0 Å². The molecule has 1 saturated heterocycles. The Balaban J connectivity index is 2.08. The van der Waals surface area contributed by atoms with Crippen molar-refractivity contribution < 1.29 is 4.74 Å². The van der Waals surface area contributed by atoms with Crippen molar-refractivity contribution in [3.63, 3.8) is 0 Å². The van der Waals surface area contributed by atoms with Gasteiger partial charge in [0.1, 0.15) is 0 Å². The fourth-order valence-corrected chi connectivity index (χ4v) is 2.82. The molecule has 0 atom stereocenters. The summed E-state index contributed by atoms with van der Waals surface area (Å²) in [4.78, 5) is 14.8. The molecular formula is C15H25ClN4O. The zero-order valence-corrected chi connectivity index (χ0v) is 14.3. The van der Waals surface area contributed by atoms with Crippen LogP contribution in [0.1, 0.15) is 47.5 Å². The van der Waals surface area contributed by atoms with Gasteiger partial charge in [0.2, 0.25) is 11.2 Å². The van der Waals surface area contributed by atoms with Crippen LogP contribution in [0.3, 0.4) is 0 Å². The van der Waals surface area contributed by atoms with E-state index in [0.717, 1.165) is 31.8 Å². The van der Waals surface area contributed by atoms with Gasteiger partial charge in [0, 0.05) is 13.1 Å². The molecule has 0 aliphatic carbocycles. The number of anilines is 1. The van der Waals surface area contributed by atoms with E-state index in [1.165, 1.54) is 0 Å². The summed E-state index contributed by atoms with van der Waals surface area (Å²) in [6.07, 6.45) is 2.31. The van der Waals surface area contributed by atoms with E-state index < -0.39 is 0 Å². The Bertz CT molecular complexity index is 479. The van der Waals surface area contributed by atoms with Crippen LogP contribution in [0.2, 0.25) is 5.28 Å². The maximum absolute atomic E-state index is 5.99. The Morgan fingerprint density at radius 3 is 2.29 bits per heavy atom. The maximum atomic E-state index is 5.99. The second-order valence-electron chi connectivity index (χ2n) is 6.98. The van der Waals surface area contributed by atoms with Crippen molar-refractivity contribution in [2.24, 2.45) is 11.3 Å². The van der Waals surface area contributed by atoms with Gasteiger partial charge in [0.15, 0.2) is 0 Å². The van der Waals surface area contributed by atoms with Crippen LogP contribution < -0.4 is 9.64 Å². The Kier molecular flexibility index (Phi) is 4.91. The number of halogens is 1. The van der Waals surface area contributed by atoms with Gasteiger partial charge in [0.25, 0.3) is 0 Å². The molecule has 1 aromatic rings. The lowest BCUT2D eigenvalue weighted by molar-refractivity contribution is 0.197. The van der Waals surface area contributed by atoms with Crippen molar-refractivity contribution in [2.45, 2.75) is 53.6 Å². The van der Waals surface area contributed by atoms with Crippen molar-refractivity contribution in [2.75, 3.05) is 18.0 Å². The minimum atomic E-state index is 0.0166. The number of aromatic nitrogens is 3. The van der Waals surface area contributed by atoms with Crippen LogP contribution in [0, 0.1) is 11.3 Å². The summed E-state index contributed by atoms with van der Waals surface area (Å²) in [6.45, 7) is 12.7. The van der Waals surface area contributed by atoms with Gasteiger partial charge in [-0.2, -0.15) is 15.0 Å². The van der Waals surface area contributed by atoms with E-state index in [4.69, 9.17) is 16.3 Å². The molecule has 1 fully saturated rings. The maximum Gasteiger partial charge on any atom is 0.322 e. The summed E-state index contributed by atoms with van der Waals surface area (Å²) >= 11 is 5.99. The van der Waals surface area contributed by atoms with E-state index in [-0.39, 0.29) is 11.4 Å². The summed E-state index contributed by atoms with van der Waals surface area (Å²) in [5.74, 6) is 1.36. The number of hydrogen-bond donors (Lipinski definition) is 0. The largest absolute Gasteiger partial charge is 0.461 e. The molecule has 1 aliphatic heterocycles. The number of rotatable bonds is 3. The first-order valence-corrected chi connectivity index (χ1v) is 7.96. The van der Waals surface area contributed by atoms with Crippen LogP contribution in [0.15, 0.2) is 0 Å². The molecule has 0 amide bonds. The van der Waals surface area contributed by atoms with Gasteiger partial charge in [-0.3, -0.25) is 0 Å². The Labute approximate surface area is 132 Å². The molecule has 118 valence electrons. The molecule has 0 radical (unpaired) electrons. The van der Waals surface area contributed by atoms with Crippen molar-refractivity contribution in [3.8, 4) is 6.01 Å². The highest BCUT2D eigenvalue weighted by atomic mass is 35.5. The van der Waals surface area contributed by atoms with Crippen molar-refractivity contribution in [1.82, 2.24) is 15.0 Å². The Morgan fingerprint density at radius 2 is 1.76 bits per heavy atom. The molecule has 5 nitrogen and oxygen atoms in total. The number of nitrogens with zero attached hydrogens (tertiary/aromatic N) is 4. The molecule has 0 unspecified atom stereocenters. The van der Waals surface area contributed by atoms with Crippen LogP contribution in [0.25, 0.3) is 0 Å². The normalized spacial score (nSPS) is 17.4. The van der Waals surface area contributed by atoms with E-state index in [1.54, 1.807) is 0 Å². The second kappa shape index (κ2) is 6.34. The lowest BCUT2D eigenvalue weighted by Crippen LogP contribution is -2.39. The average Bonchev–Trinajstić information content (AvgIpc) is 2.36. The van der Waals surface area contributed by atoms with Crippen LogP contribution in [-0.2, 0) is 0 Å². The van der Waals surface area contributed by atoms with Crippen LogP contribution in [0.4, 0.5) is 5.95 Å². The third-order valence-corrected chi connectivity index (χ3v) is 4.09. The fourth-order valence-electron chi connectivity index (χ4n) is 2.67.